The molecule has 0 unspecified atom stereocenters. The highest BCUT2D eigenvalue weighted by molar-refractivity contribution is 7.92. The smallest absolute Gasteiger partial charge is 0.427 e. The Labute approximate surface area is 238 Å². The van der Waals surface area contributed by atoms with Gasteiger partial charge in [-0.2, -0.15) is 26.3 Å². The van der Waals surface area contributed by atoms with Gasteiger partial charge in [0.05, 0.1) is 35.2 Å². The van der Waals surface area contributed by atoms with E-state index >= 15 is 0 Å². The molecule has 232 valence electrons. The van der Waals surface area contributed by atoms with Gasteiger partial charge in [-0.15, -0.1) is 0 Å². The third kappa shape index (κ3) is 7.28. The molecule has 0 saturated heterocycles. The second kappa shape index (κ2) is 12.0. The average molecular weight is 626 g/mol. The van der Waals surface area contributed by atoms with Crippen molar-refractivity contribution in [1.29, 1.82) is 0 Å². The summed E-state index contributed by atoms with van der Waals surface area (Å²) in [5.74, 6) is -1.85. The first kappa shape index (κ1) is 33.0. The lowest BCUT2D eigenvalue weighted by atomic mass is 10.0. The van der Waals surface area contributed by atoms with Crippen LogP contribution in [-0.2, 0) is 41.7 Å². The third-order valence-electron chi connectivity index (χ3n) is 6.50. The molecule has 2 aromatic rings. The second-order valence-corrected chi connectivity index (χ2v) is 11.8. The molecule has 8 nitrogen and oxygen atoms in total. The summed E-state index contributed by atoms with van der Waals surface area (Å²) in [6.07, 6.45) is -11.4. The monoisotopic (exact) mass is 625 g/mol. The number of benzene rings is 2. The van der Waals surface area contributed by atoms with E-state index in [0.717, 1.165) is 16.4 Å². The Morgan fingerprint density at radius 2 is 1.67 bits per heavy atom. The number of hydrogen-bond donors (Lipinski definition) is 0. The van der Waals surface area contributed by atoms with Crippen LogP contribution in [0.5, 0.6) is 5.75 Å². The maximum atomic E-state index is 13.9. The Morgan fingerprint density at radius 3 is 2.26 bits per heavy atom. The van der Waals surface area contributed by atoms with Gasteiger partial charge in [0.15, 0.2) is 0 Å². The van der Waals surface area contributed by atoms with E-state index in [9.17, 15) is 44.3 Å². The van der Waals surface area contributed by atoms with Crippen molar-refractivity contribution in [3.05, 3.63) is 53.6 Å². The molecule has 2 atom stereocenters. The van der Waals surface area contributed by atoms with E-state index in [4.69, 9.17) is 9.47 Å². The van der Waals surface area contributed by atoms with Crippen LogP contribution in [-0.4, -0.2) is 50.9 Å². The molecular formula is C27H29F6NO7S. The number of fused-ring (bicyclic) bond motifs is 1. The molecule has 42 heavy (non-hydrogen) atoms. The Hall–Kier alpha value is -3.49. The minimum absolute atomic E-state index is 0.00530. The lowest BCUT2D eigenvalue weighted by Crippen LogP contribution is -2.51. The van der Waals surface area contributed by atoms with Crippen LogP contribution in [0.25, 0.3) is 0 Å². The van der Waals surface area contributed by atoms with E-state index in [1.54, 1.807) is 6.92 Å². The van der Waals surface area contributed by atoms with Gasteiger partial charge in [-0.25, -0.2) is 8.42 Å². The number of halogens is 6. The highest BCUT2D eigenvalue weighted by atomic mass is 32.2. The van der Waals surface area contributed by atoms with Gasteiger partial charge in [0.25, 0.3) is 10.0 Å². The fourth-order valence-corrected chi connectivity index (χ4v) is 5.94. The van der Waals surface area contributed by atoms with E-state index in [-0.39, 0.29) is 36.4 Å². The standard InChI is InChI=1S/C27H29F6NO7S/c1-5-39-23(35)12-11-21-16(2)34(42(37,38)19-8-6-7-18(15-19)26(28,29)30)20-13-17(9-10-22(20)40-21)14-24(36)41-25(3,4)27(31,32)33/h6-10,13,15-16,21H,5,11-12,14H2,1-4H3/t16-,21+/m1/s1. The number of alkyl halides is 6. The fraction of sp³-hybridized carbons (Fsp3) is 0.481. The van der Waals surface area contributed by atoms with Crippen LogP contribution in [0.15, 0.2) is 47.4 Å². The van der Waals surface area contributed by atoms with Crippen LogP contribution in [0.4, 0.5) is 32.0 Å². The minimum Gasteiger partial charge on any atom is -0.486 e. The highest BCUT2D eigenvalue weighted by Gasteiger charge is 2.51. The van der Waals surface area contributed by atoms with Crippen LogP contribution < -0.4 is 9.04 Å². The number of hydrogen-bond acceptors (Lipinski definition) is 7. The maximum Gasteiger partial charge on any atom is 0.427 e. The molecule has 0 N–H and O–H groups in total. The van der Waals surface area contributed by atoms with Gasteiger partial charge in [0, 0.05) is 6.42 Å². The lowest BCUT2D eigenvalue weighted by Gasteiger charge is -2.41. The number of sulfonamides is 1. The van der Waals surface area contributed by atoms with Gasteiger partial charge in [0.1, 0.15) is 11.9 Å². The molecule has 15 heteroatoms. The zero-order valence-electron chi connectivity index (χ0n) is 23.0. The van der Waals surface area contributed by atoms with Crippen molar-refractivity contribution in [2.24, 2.45) is 0 Å². The van der Waals surface area contributed by atoms with Crippen molar-refractivity contribution in [3.63, 3.8) is 0 Å². The van der Waals surface area contributed by atoms with E-state index < -0.39 is 68.9 Å². The zero-order chi connectivity index (χ0) is 31.7. The van der Waals surface area contributed by atoms with Crippen molar-refractivity contribution >= 4 is 27.6 Å². The van der Waals surface area contributed by atoms with Crippen molar-refractivity contribution in [3.8, 4) is 5.75 Å². The molecule has 0 aromatic heterocycles. The Balaban J connectivity index is 2.04. The quantitative estimate of drug-likeness (QED) is 0.256. The summed E-state index contributed by atoms with van der Waals surface area (Å²) in [6.45, 7) is 4.50. The number of nitrogens with zero attached hydrogens (tertiary/aromatic N) is 1. The molecular weight excluding hydrogens is 596 g/mol. The van der Waals surface area contributed by atoms with Crippen LogP contribution >= 0.6 is 0 Å². The predicted octanol–water partition coefficient (Wildman–Crippen LogP) is 5.82. The largest absolute Gasteiger partial charge is 0.486 e. The van der Waals surface area contributed by atoms with Crippen molar-refractivity contribution < 1.29 is 58.6 Å². The lowest BCUT2D eigenvalue weighted by molar-refractivity contribution is -0.257. The molecule has 0 spiro atoms. The van der Waals surface area contributed by atoms with Crippen molar-refractivity contribution in [2.75, 3.05) is 10.9 Å². The molecule has 0 bridgehead atoms. The number of rotatable bonds is 9. The van der Waals surface area contributed by atoms with Crippen LogP contribution in [0.2, 0.25) is 0 Å². The van der Waals surface area contributed by atoms with Crippen molar-refractivity contribution in [1.82, 2.24) is 0 Å². The van der Waals surface area contributed by atoms with E-state index in [0.29, 0.717) is 26.0 Å². The first-order valence-corrected chi connectivity index (χ1v) is 14.2. The summed E-state index contributed by atoms with van der Waals surface area (Å²) in [5.41, 5.74) is -4.09. The minimum atomic E-state index is -4.85. The molecule has 0 radical (unpaired) electrons. The summed E-state index contributed by atoms with van der Waals surface area (Å²) < 4.78 is 124. The maximum absolute atomic E-state index is 13.9. The summed E-state index contributed by atoms with van der Waals surface area (Å²) in [4.78, 5) is 23.6. The van der Waals surface area contributed by atoms with Gasteiger partial charge in [0.2, 0.25) is 5.60 Å². The number of esters is 2. The molecule has 2 aromatic carbocycles. The van der Waals surface area contributed by atoms with Gasteiger partial charge < -0.3 is 14.2 Å². The molecule has 0 fully saturated rings. The van der Waals surface area contributed by atoms with Crippen LogP contribution in [0.3, 0.4) is 0 Å². The van der Waals surface area contributed by atoms with Gasteiger partial charge in [-0.1, -0.05) is 12.1 Å². The zero-order valence-corrected chi connectivity index (χ0v) is 23.8. The average Bonchev–Trinajstić information content (AvgIpc) is 2.86. The fourth-order valence-electron chi connectivity index (χ4n) is 4.21. The normalized spacial score (nSPS) is 17.7. The van der Waals surface area contributed by atoms with E-state index in [1.165, 1.54) is 25.1 Å². The second-order valence-electron chi connectivity index (χ2n) is 10.0. The topological polar surface area (TPSA) is 99.2 Å². The Bertz CT molecular complexity index is 1420. The third-order valence-corrected chi connectivity index (χ3v) is 8.40. The van der Waals surface area contributed by atoms with E-state index in [1.807, 2.05) is 0 Å². The molecule has 1 aliphatic heterocycles. The van der Waals surface area contributed by atoms with Gasteiger partial charge >= 0.3 is 24.3 Å². The summed E-state index contributed by atoms with van der Waals surface area (Å²) in [7, 11) is -4.71. The molecule has 3 rings (SSSR count). The van der Waals surface area contributed by atoms with Gasteiger partial charge in [-0.05, 0) is 70.0 Å². The molecule has 1 aliphatic rings. The molecule has 0 saturated carbocycles. The number of ether oxygens (including phenoxy) is 3. The molecule has 0 amide bonds. The summed E-state index contributed by atoms with van der Waals surface area (Å²) in [6, 6.07) is 5.82. The molecule has 1 heterocycles. The van der Waals surface area contributed by atoms with Crippen LogP contribution in [0.1, 0.15) is 51.7 Å². The highest BCUT2D eigenvalue weighted by Crippen LogP contribution is 2.42. The number of anilines is 1. The summed E-state index contributed by atoms with van der Waals surface area (Å²) in [5, 5.41) is 0. The Kier molecular flexibility index (Phi) is 9.45. The van der Waals surface area contributed by atoms with E-state index in [2.05, 4.69) is 4.74 Å². The summed E-state index contributed by atoms with van der Waals surface area (Å²) >= 11 is 0. The number of carbonyl (C=O) groups is 2. The number of carbonyl (C=O) groups excluding carboxylic acids is 2. The first-order valence-electron chi connectivity index (χ1n) is 12.7. The van der Waals surface area contributed by atoms with Crippen molar-refractivity contribution in [2.45, 2.75) is 82.0 Å². The van der Waals surface area contributed by atoms with Crippen LogP contribution in [0, 0.1) is 0 Å². The predicted molar refractivity (Wildman–Crippen MR) is 137 cm³/mol. The first-order chi connectivity index (χ1) is 19.3. The van der Waals surface area contributed by atoms with Gasteiger partial charge in [-0.3, -0.25) is 13.9 Å². The molecule has 0 aliphatic carbocycles. The SMILES string of the molecule is CCOC(=O)CC[C@@H]1Oc2ccc(CC(=O)OC(C)(C)C(F)(F)F)cc2N(S(=O)(=O)c2cccc(C(F)(F)F)c2)[C@@H]1C. The Morgan fingerprint density at radius 1 is 1.00 bits per heavy atom.